The summed E-state index contributed by atoms with van der Waals surface area (Å²) in [6, 6.07) is 21.7. The minimum atomic E-state index is -0.549. The van der Waals surface area contributed by atoms with Gasteiger partial charge in [-0.05, 0) is 62.7 Å². The summed E-state index contributed by atoms with van der Waals surface area (Å²) in [6.45, 7) is 6.50. The zero-order chi connectivity index (χ0) is 27.1. The highest BCUT2D eigenvalue weighted by molar-refractivity contribution is 8.00. The lowest BCUT2D eigenvalue weighted by atomic mass is 10.2. The smallest absolute Gasteiger partial charge is 0.271 e. The number of nitrogens with one attached hydrogen (secondary N) is 2. The summed E-state index contributed by atoms with van der Waals surface area (Å²) >= 11 is 1.26. The number of rotatable bonds is 11. The summed E-state index contributed by atoms with van der Waals surface area (Å²) in [7, 11) is 0. The Hall–Kier alpha value is -4.38. The van der Waals surface area contributed by atoms with Crippen LogP contribution in [0.3, 0.4) is 0 Å². The molecule has 1 unspecified atom stereocenters. The van der Waals surface area contributed by atoms with Crippen molar-refractivity contribution >= 4 is 34.7 Å². The Morgan fingerprint density at radius 3 is 2.53 bits per heavy atom. The molecule has 0 aliphatic heterocycles. The monoisotopic (exact) mass is 532 g/mol. The molecule has 4 rings (SSSR count). The van der Waals surface area contributed by atoms with E-state index in [1.165, 1.54) is 23.9 Å². The summed E-state index contributed by atoms with van der Waals surface area (Å²) in [4.78, 5) is 23.7. The molecule has 0 aliphatic carbocycles. The van der Waals surface area contributed by atoms with E-state index in [1.807, 2.05) is 66.1 Å². The predicted molar refractivity (Wildman–Crippen MR) is 148 cm³/mol. The molecule has 1 atom stereocenters. The highest BCUT2D eigenvalue weighted by Gasteiger charge is 2.22. The topological polar surface area (TPSA) is 124 Å². The van der Waals surface area contributed by atoms with Crippen molar-refractivity contribution in [2.75, 3.05) is 17.2 Å². The molecule has 1 amide bonds. The first-order valence-electron chi connectivity index (χ1n) is 12.0. The van der Waals surface area contributed by atoms with Gasteiger partial charge in [0, 0.05) is 23.5 Å². The summed E-state index contributed by atoms with van der Waals surface area (Å²) in [5, 5.41) is 26.1. The van der Waals surface area contributed by atoms with Crippen molar-refractivity contribution in [2.24, 2.45) is 0 Å². The number of carbonyl (C=O) groups excluding carboxylic acids is 1. The van der Waals surface area contributed by atoms with Gasteiger partial charge in [0.05, 0.1) is 29.0 Å². The number of thioether (sulfide) groups is 1. The molecule has 0 saturated heterocycles. The van der Waals surface area contributed by atoms with Gasteiger partial charge in [-0.2, -0.15) is 0 Å². The van der Waals surface area contributed by atoms with Crippen LogP contribution in [-0.4, -0.2) is 37.5 Å². The maximum absolute atomic E-state index is 13.0. The zero-order valence-corrected chi connectivity index (χ0v) is 22.1. The van der Waals surface area contributed by atoms with Crippen LogP contribution in [0.25, 0.3) is 5.69 Å². The molecule has 3 aromatic carbocycles. The molecule has 2 N–H and O–H groups in total. The van der Waals surface area contributed by atoms with Gasteiger partial charge in [0.1, 0.15) is 5.75 Å². The number of aryl methyl sites for hydroxylation is 1. The quantitative estimate of drug-likeness (QED) is 0.145. The van der Waals surface area contributed by atoms with Gasteiger partial charge in [-0.15, -0.1) is 10.2 Å². The van der Waals surface area contributed by atoms with Crippen molar-refractivity contribution in [2.45, 2.75) is 37.7 Å². The van der Waals surface area contributed by atoms with Crippen molar-refractivity contribution in [3.63, 3.8) is 0 Å². The lowest BCUT2D eigenvalue weighted by Crippen LogP contribution is -2.23. The van der Waals surface area contributed by atoms with Crippen LogP contribution in [0, 0.1) is 17.0 Å². The molecular formula is C27H28N6O4S. The zero-order valence-electron chi connectivity index (χ0n) is 21.2. The molecule has 0 spiro atoms. The summed E-state index contributed by atoms with van der Waals surface area (Å²) in [5.41, 5.74) is 2.83. The van der Waals surface area contributed by atoms with E-state index in [9.17, 15) is 14.9 Å². The third-order valence-electron chi connectivity index (χ3n) is 5.67. The van der Waals surface area contributed by atoms with Crippen molar-refractivity contribution < 1.29 is 14.5 Å². The van der Waals surface area contributed by atoms with Crippen LogP contribution >= 0.6 is 11.8 Å². The van der Waals surface area contributed by atoms with Crippen LogP contribution in [0.4, 0.5) is 17.1 Å². The third-order valence-corrected chi connectivity index (χ3v) is 6.71. The van der Waals surface area contributed by atoms with Crippen LogP contribution in [0.5, 0.6) is 5.75 Å². The lowest BCUT2D eigenvalue weighted by Gasteiger charge is -2.15. The first kappa shape index (κ1) is 26.7. The van der Waals surface area contributed by atoms with Crippen molar-refractivity contribution in [3.8, 4) is 11.4 Å². The van der Waals surface area contributed by atoms with Crippen LogP contribution in [0.1, 0.15) is 25.2 Å². The van der Waals surface area contributed by atoms with Crippen LogP contribution in [0.2, 0.25) is 0 Å². The molecule has 0 radical (unpaired) electrons. The number of carbonyl (C=O) groups is 1. The largest absolute Gasteiger partial charge is 0.494 e. The number of aromatic nitrogens is 3. The maximum atomic E-state index is 13.0. The van der Waals surface area contributed by atoms with Gasteiger partial charge in [0.2, 0.25) is 5.91 Å². The number of anilines is 2. The summed E-state index contributed by atoms with van der Waals surface area (Å²) < 4.78 is 7.41. The number of nitro benzene ring substituents is 1. The molecule has 196 valence electrons. The number of nitro groups is 1. The average Bonchev–Trinajstić information content (AvgIpc) is 3.32. The van der Waals surface area contributed by atoms with Crippen LogP contribution in [-0.2, 0) is 11.3 Å². The number of ether oxygens (including phenoxy) is 1. The molecule has 4 aromatic rings. The molecule has 10 nitrogen and oxygen atoms in total. The molecule has 11 heteroatoms. The second-order valence-electron chi connectivity index (χ2n) is 8.39. The van der Waals surface area contributed by atoms with Crippen LogP contribution < -0.4 is 15.4 Å². The minimum Gasteiger partial charge on any atom is -0.494 e. The van der Waals surface area contributed by atoms with E-state index in [2.05, 4.69) is 20.8 Å². The minimum absolute atomic E-state index is 0.0836. The highest BCUT2D eigenvalue weighted by atomic mass is 32.2. The van der Waals surface area contributed by atoms with E-state index in [0.717, 1.165) is 22.7 Å². The van der Waals surface area contributed by atoms with Gasteiger partial charge >= 0.3 is 0 Å². The first-order chi connectivity index (χ1) is 18.4. The predicted octanol–water partition coefficient (Wildman–Crippen LogP) is 5.61. The van der Waals surface area contributed by atoms with Gasteiger partial charge in [-0.3, -0.25) is 19.5 Å². The molecule has 0 bridgehead atoms. The number of hydrogen-bond donors (Lipinski definition) is 2. The summed E-state index contributed by atoms with van der Waals surface area (Å²) in [6.07, 6.45) is 0. The van der Waals surface area contributed by atoms with E-state index in [-0.39, 0.29) is 11.6 Å². The Labute approximate surface area is 224 Å². The summed E-state index contributed by atoms with van der Waals surface area (Å²) in [5.74, 6) is 1.18. The Morgan fingerprint density at radius 1 is 1.11 bits per heavy atom. The Bertz CT molecular complexity index is 1410. The van der Waals surface area contributed by atoms with Gasteiger partial charge in [-0.1, -0.05) is 36.0 Å². The van der Waals surface area contributed by atoms with Gasteiger partial charge < -0.3 is 15.4 Å². The number of amides is 1. The SMILES string of the molecule is CCOc1ccc(NCc2nnc(SC(C)C(=O)Nc3cc([N+](=O)[O-])ccc3C)n2-c2ccccc2)cc1. The Kier molecular flexibility index (Phi) is 8.59. The van der Waals surface area contributed by atoms with E-state index in [0.29, 0.717) is 29.8 Å². The Balaban J connectivity index is 1.51. The van der Waals surface area contributed by atoms with Crippen LogP contribution in [0.15, 0.2) is 78.0 Å². The second-order valence-corrected chi connectivity index (χ2v) is 9.69. The normalized spacial score (nSPS) is 11.6. The Morgan fingerprint density at radius 2 is 1.84 bits per heavy atom. The van der Waals surface area contributed by atoms with Crippen molar-refractivity contribution in [1.29, 1.82) is 0 Å². The first-order valence-corrected chi connectivity index (χ1v) is 12.9. The fraction of sp³-hybridized carbons (Fsp3) is 0.222. The fourth-order valence-electron chi connectivity index (χ4n) is 3.65. The van der Waals surface area contributed by atoms with E-state index >= 15 is 0 Å². The van der Waals surface area contributed by atoms with Gasteiger partial charge in [-0.25, -0.2) is 0 Å². The van der Waals surface area contributed by atoms with E-state index in [4.69, 9.17) is 4.74 Å². The number of para-hydroxylation sites is 1. The molecular weight excluding hydrogens is 504 g/mol. The molecule has 0 aliphatic rings. The van der Waals surface area contributed by atoms with Gasteiger partial charge in [0.15, 0.2) is 11.0 Å². The number of nitrogens with zero attached hydrogens (tertiary/aromatic N) is 4. The highest BCUT2D eigenvalue weighted by Crippen LogP contribution is 2.28. The van der Waals surface area contributed by atoms with Gasteiger partial charge in [0.25, 0.3) is 5.69 Å². The van der Waals surface area contributed by atoms with Crippen molar-refractivity contribution in [1.82, 2.24) is 14.8 Å². The molecule has 38 heavy (non-hydrogen) atoms. The molecule has 0 saturated carbocycles. The van der Waals surface area contributed by atoms with E-state index in [1.54, 1.807) is 19.9 Å². The third kappa shape index (κ3) is 6.48. The maximum Gasteiger partial charge on any atom is 0.271 e. The molecule has 1 heterocycles. The fourth-order valence-corrected chi connectivity index (χ4v) is 4.53. The number of hydrogen-bond acceptors (Lipinski definition) is 8. The second kappa shape index (κ2) is 12.2. The van der Waals surface area contributed by atoms with E-state index < -0.39 is 10.2 Å². The molecule has 1 aromatic heterocycles. The number of non-ortho nitro benzene ring substituents is 1. The number of benzene rings is 3. The molecule has 0 fully saturated rings. The van der Waals surface area contributed by atoms with Crippen molar-refractivity contribution in [3.05, 3.63) is 94.3 Å². The average molecular weight is 533 g/mol. The standard InChI is InChI=1S/C27H28N6O4S/c1-4-37-23-14-11-20(12-15-23)28-17-25-30-31-27(32(25)21-8-6-5-7-9-21)38-19(3)26(34)29-24-16-22(33(35)36)13-10-18(24)2/h5-16,19,28H,4,17H2,1-3H3,(H,29,34). The lowest BCUT2D eigenvalue weighted by molar-refractivity contribution is -0.384.